The minimum atomic E-state index is -0.587. The van der Waals surface area contributed by atoms with Crippen LogP contribution in [0.1, 0.15) is 36.2 Å². The van der Waals surface area contributed by atoms with Gasteiger partial charge in [-0.05, 0) is 31.1 Å². The fraction of sp³-hybridized carbons (Fsp3) is 0.222. The molecular formula is C27H25N3O3S. The first-order valence-corrected chi connectivity index (χ1v) is 12.0. The number of fused-ring (bicyclic) bond motifs is 2. The van der Waals surface area contributed by atoms with Gasteiger partial charge in [0.2, 0.25) is 0 Å². The van der Waals surface area contributed by atoms with E-state index in [0.717, 1.165) is 27.7 Å². The minimum absolute atomic E-state index is 0.165. The maximum absolute atomic E-state index is 13.8. The van der Waals surface area contributed by atoms with Gasteiger partial charge in [0.1, 0.15) is 0 Å². The summed E-state index contributed by atoms with van der Waals surface area (Å²) in [5, 5.41) is 1.09. The number of hydrogen-bond acceptors (Lipinski definition) is 5. The third-order valence-electron chi connectivity index (χ3n) is 6.49. The van der Waals surface area contributed by atoms with Crippen LogP contribution in [-0.2, 0) is 16.6 Å². The molecule has 0 radical (unpaired) electrons. The summed E-state index contributed by atoms with van der Waals surface area (Å²) in [6.45, 7) is 4.01. The molecule has 3 heterocycles. The molecule has 34 heavy (non-hydrogen) atoms. The van der Waals surface area contributed by atoms with Gasteiger partial charge in [-0.1, -0.05) is 66.8 Å². The van der Waals surface area contributed by atoms with Crippen LogP contribution < -0.4 is 14.9 Å². The summed E-state index contributed by atoms with van der Waals surface area (Å²) in [5.41, 5.74) is 4.95. The van der Waals surface area contributed by atoms with Gasteiger partial charge in [-0.2, -0.15) is 0 Å². The summed E-state index contributed by atoms with van der Waals surface area (Å²) in [7, 11) is 3.39. The lowest BCUT2D eigenvalue weighted by Gasteiger charge is -2.25. The number of carbonyl (C=O) groups is 1. The molecule has 0 fully saturated rings. The first-order chi connectivity index (χ1) is 16.5. The molecule has 0 saturated heterocycles. The molecule has 0 saturated carbocycles. The summed E-state index contributed by atoms with van der Waals surface area (Å²) in [6.07, 6.45) is 2.51. The molecule has 0 amide bonds. The Morgan fingerprint density at radius 2 is 1.85 bits per heavy atom. The van der Waals surface area contributed by atoms with Crippen molar-refractivity contribution in [1.82, 2.24) is 9.13 Å². The smallest absolute Gasteiger partial charge is 0.338 e. The van der Waals surface area contributed by atoms with Gasteiger partial charge in [-0.15, -0.1) is 0 Å². The van der Waals surface area contributed by atoms with Crippen LogP contribution in [-0.4, -0.2) is 22.2 Å². The average Bonchev–Trinajstić information content (AvgIpc) is 3.31. The maximum Gasteiger partial charge on any atom is 0.338 e. The third-order valence-corrected chi connectivity index (χ3v) is 7.47. The average molecular weight is 472 g/mol. The number of allylic oxidation sites excluding steroid dienone is 1. The molecule has 172 valence electrons. The largest absolute Gasteiger partial charge is 0.466 e. The molecule has 4 aromatic rings. The number of rotatable bonds is 4. The topological polar surface area (TPSA) is 65.6 Å². The number of nitrogens with zero attached hydrogens (tertiary/aromatic N) is 3. The highest BCUT2D eigenvalue weighted by molar-refractivity contribution is 7.07. The molecule has 1 atom stereocenters. The third kappa shape index (κ3) is 3.35. The van der Waals surface area contributed by atoms with Crippen molar-refractivity contribution in [2.75, 3.05) is 7.11 Å². The molecule has 0 unspecified atom stereocenters. The lowest BCUT2D eigenvalue weighted by molar-refractivity contribution is -0.136. The Morgan fingerprint density at radius 3 is 2.56 bits per heavy atom. The summed E-state index contributed by atoms with van der Waals surface area (Å²) in [4.78, 5) is 32.0. The van der Waals surface area contributed by atoms with Crippen LogP contribution in [0.15, 0.2) is 75.7 Å². The molecule has 0 spiro atoms. The predicted molar refractivity (Wildman–Crippen MR) is 134 cm³/mol. The van der Waals surface area contributed by atoms with Crippen LogP contribution in [0.25, 0.3) is 17.0 Å². The van der Waals surface area contributed by atoms with E-state index in [1.165, 1.54) is 18.4 Å². The Bertz CT molecular complexity index is 1640. The zero-order chi connectivity index (χ0) is 24.0. The van der Waals surface area contributed by atoms with Crippen LogP contribution in [0, 0.1) is 6.92 Å². The lowest BCUT2D eigenvalue weighted by Crippen LogP contribution is -2.40. The van der Waals surface area contributed by atoms with E-state index in [1.54, 1.807) is 4.57 Å². The zero-order valence-corrected chi connectivity index (χ0v) is 20.3. The monoisotopic (exact) mass is 471 g/mol. The van der Waals surface area contributed by atoms with Crippen molar-refractivity contribution < 1.29 is 9.53 Å². The molecule has 0 bridgehead atoms. The first kappa shape index (κ1) is 22.1. The first-order valence-electron chi connectivity index (χ1n) is 11.2. The van der Waals surface area contributed by atoms with E-state index >= 15 is 0 Å². The Morgan fingerprint density at radius 1 is 1.15 bits per heavy atom. The van der Waals surface area contributed by atoms with E-state index in [2.05, 4.69) is 23.6 Å². The molecule has 2 aromatic carbocycles. The Kier molecular flexibility index (Phi) is 5.57. The maximum atomic E-state index is 13.8. The number of aryl methyl sites for hydroxylation is 1. The number of aromatic nitrogens is 2. The summed E-state index contributed by atoms with van der Waals surface area (Å²) in [6, 6.07) is 17.2. The number of carbonyl (C=O) groups excluding carboxylic acids is 1. The fourth-order valence-corrected chi connectivity index (χ4v) is 5.68. The molecule has 1 aliphatic heterocycles. The van der Waals surface area contributed by atoms with Crippen molar-refractivity contribution in [2.24, 2.45) is 12.0 Å². The van der Waals surface area contributed by atoms with Crippen LogP contribution >= 0.6 is 11.3 Å². The lowest BCUT2D eigenvalue weighted by atomic mass is 9.95. The molecule has 1 aliphatic rings. The summed E-state index contributed by atoms with van der Waals surface area (Å²) >= 11 is 1.35. The zero-order valence-electron chi connectivity index (χ0n) is 19.5. The number of para-hydroxylation sites is 1. The second-order valence-corrected chi connectivity index (χ2v) is 9.28. The van der Waals surface area contributed by atoms with Gasteiger partial charge in [0.15, 0.2) is 4.80 Å². The van der Waals surface area contributed by atoms with Crippen molar-refractivity contribution in [3.05, 3.63) is 102 Å². The van der Waals surface area contributed by atoms with Crippen molar-refractivity contribution in [3.8, 4) is 0 Å². The molecule has 6 nitrogen and oxygen atoms in total. The number of ether oxygens (including phenoxy) is 1. The minimum Gasteiger partial charge on any atom is -0.466 e. The van der Waals surface area contributed by atoms with Gasteiger partial charge in [-0.25, -0.2) is 9.79 Å². The van der Waals surface area contributed by atoms with Gasteiger partial charge in [-0.3, -0.25) is 9.36 Å². The molecular weight excluding hydrogens is 446 g/mol. The number of hydrogen-bond donors (Lipinski definition) is 0. The van der Waals surface area contributed by atoms with Crippen molar-refractivity contribution in [3.63, 3.8) is 0 Å². The molecule has 0 N–H and O–H groups in total. The number of benzene rings is 2. The standard InChI is InChI=1S/C27H25N3O3S/c1-5-20-23(26(32)33-4)24(17-11-7-6-8-12-17)30-25(31)22(34-27(30)28-20)15-19-16(2)29(3)21-14-10-9-13-18(19)21/h6-15,24H,5H2,1-4H3/b22-15-/t24-/m1/s1. The van der Waals surface area contributed by atoms with Gasteiger partial charge < -0.3 is 9.30 Å². The van der Waals surface area contributed by atoms with Crippen LogP contribution in [0.3, 0.4) is 0 Å². The van der Waals surface area contributed by atoms with E-state index in [1.807, 2.05) is 62.5 Å². The Balaban J connectivity index is 1.81. The number of thiazole rings is 1. The van der Waals surface area contributed by atoms with Gasteiger partial charge in [0, 0.05) is 29.2 Å². The Labute approximate surface area is 200 Å². The van der Waals surface area contributed by atoms with Crippen LogP contribution in [0.2, 0.25) is 0 Å². The van der Waals surface area contributed by atoms with Gasteiger partial charge in [0.25, 0.3) is 5.56 Å². The van der Waals surface area contributed by atoms with Gasteiger partial charge >= 0.3 is 5.97 Å². The molecule has 5 rings (SSSR count). The Hall–Kier alpha value is -3.71. The highest BCUT2D eigenvalue weighted by atomic mass is 32.1. The molecule has 2 aromatic heterocycles. The SMILES string of the molecule is CCC1=C(C(=O)OC)[C@@H](c2ccccc2)n2c(s/c(=C\c3c(C)n(C)c4ccccc34)c2=O)=N1. The van der Waals surface area contributed by atoms with Crippen molar-refractivity contribution in [2.45, 2.75) is 26.3 Å². The normalized spacial score (nSPS) is 16.0. The number of esters is 1. The summed E-state index contributed by atoms with van der Waals surface area (Å²) in [5.74, 6) is -0.464. The number of methoxy groups -OCH3 is 1. The van der Waals surface area contributed by atoms with Crippen LogP contribution in [0.4, 0.5) is 0 Å². The fourth-order valence-electron chi connectivity index (χ4n) is 4.68. The summed E-state index contributed by atoms with van der Waals surface area (Å²) < 4.78 is 9.47. The molecule has 7 heteroatoms. The van der Waals surface area contributed by atoms with E-state index in [0.29, 0.717) is 27.0 Å². The molecule has 0 aliphatic carbocycles. The second kappa shape index (κ2) is 8.57. The predicted octanol–water partition coefficient (Wildman–Crippen LogP) is 3.60. The highest BCUT2D eigenvalue weighted by Gasteiger charge is 2.33. The van der Waals surface area contributed by atoms with Crippen LogP contribution in [0.5, 0.6) is 0 Å². The van der Waals surface area contributed by atoms with Gasteiger partial charge in [0.05, 0.1) is 29.0 Å². The second-order valence-electron chi connectivity index (χ2n) is 8.27. The van der Waals surface area contributed by atoms with E-state index in [-0.39, 0.29) is 5.56 Å². The van der Waals surface area contributed by atoms with Crippen molar-refractivity contribution >= 4 is 34.3 Å². The van der Waals surface area contributed by atoms with E-state index < -0.39 is 12.0 Å². The van der Waals surface area contributed by atoms with E-state index in [4.69, 9.17) is 9.73 Å². The van der Waals surface area contributed by atoms with E-state index in [9.17, 15) is 9.59 Å². The quantitative estimate of drug-likeness (QED) is 0.427. The highest BCUT2D eigenvalue weighted by Crippen LogP contribution is 2.32. The van der Waals surface area contributed by atoms with Crippen molar-refractivity contribution in [1.29, 1.82) is 0 Å².